The number of amides is 1. The van der Waals surface area contributed by atoms with Crippen molar-refractivity contribution in [1.82, 2.24) is 14.9 Å². The summed E-state index contributed by atoms with van der Waals surface area (Å²) in [5.41, 5.74) is 2.17. The Morgan fingerprint density at radius 2 is 1.83 bits per heavy atom. The van der Waals surface area contributed by atoms with Crippen LogP contribution in [-0.4, -0.2) is 41.4 Å². The van der Waals surface area contributed by atoms with E-state index in [4.69, 9.17) is 23.2 Å². The molecule has 2 N–H and O–H groups in total. The van der Waals surface area contributed by atoms with Gasteiger partial charge in [-0.1, -0.05) is 41.4 Å². The van der Waals surface area contributed by atoms with Gasteiger partial charge in [0.1, 0.15) is 23.0 Å². The van der Waals surface area contributed by atoms with E-state index in [0.717, 1.165) is 6.07 Å². The van der Waals surface area contributed by atoms with Gasteiger partial charge >= 0.3 is 0 Å². The molecule has 0 radical (unpaired) electrons. The molecule has 6 nitrogen and oxygen atoms in total. The Balaban J connectivity index is 1.88. The molecule has 1 heterocycles. The van der Waals surface area contributed by atoms with Crippen LogP contribution in [0.3, 0.4) is 0 Å². The maximum atomic E-state index is 14.7. The van der Waals surface area contributed by atoms with Crippen LogP contribution in [-0.2, 0) is 4.79 Å². The molecule has 4 aromatic rings. The van der Waals surface area contributed by atoms with Gasteiger partial charge in [-0.25, -0.2) is 18.7 Å². The van der Waals surface area contributed by atoms with E-state index >= 15 is 0 Å². The highest BCUT2D eigenvalue weighted by Crippen LogP contribution is 2.40. The van der Waals surface area contributed by atoms with Gasteiger partial charge in [-0.15, -0.1) is 0 Å². The minimum absolute atomic E-state index is 0.0699. The van der Waals surface area contributed by atoms with E-state index in [2.05, 4.69) is 20.6 Å². The topological polar surface area (TPSA) is 70.2 Å². The number of benzene rings is 3. The van der Waals surface area contributed by atoms with Gasteiger partial charge < -0.3 is 15.5 Å². The van der Waals surface area contributed by atoms with Crippen molar-refractivity contribution in [3.63, 3.8) is 0 Å². The highest BCUT2D eigenvalue weighted by Gasteiger charge is 2.19. The van der Waals surface area contributed by atoms with E-state index < -0.39 is 16.7 Å². The number of hydrogen-bond acceptors (Lipinski definition) is 5. The van der Waals surface area contributed by atoms with E-state index in [9.17, 15) is 13.6 Å². The average molecular weight is 528 g/mol. The van der Waals surface area contributed by atoms with Crippen molar-refractivity contribution in [2.24, 2.45) is 0 Å². The molecule has 0 saturated carbocycles. The molecule has 3 aromatic carbocycles. The van der Waals surface area contributed by atoms with Crippen molar-refractivity contribution in [2.45, 2.75) is 0 Å². The number of aromatic nitrogens is 2. The lowest BCUT2D eigenvalue weighted by atomic mass is 9.98. The molecule has 36 heavy (non-hydrogen) atoms. The second-order valence-electron chi connectivity index (χ2n) is 8.12. The summed E-state index contributed by atoms with van der Waals surface area (Å²) in [5.74, 6) is -1.93. The Kier molecular flexibility index (Phi) is 7.79. The smallest absolute Gasteiger partial charge is 0.248 e. The summed E-state index contributed by atoms with van der Waals surface area (Å²) in [6.45, 7) is 0.597. The van der Waals surface area contributed by atoms with Gasteiger partial charge in [-0.3, -0.25) is 4.79 Å². The highest BCUT2D eigenvalue weighted by atomic mass is 35.5. The van der Waals surface area contributed by atoms with Gasteiger partial charge in [0.2, 0.25) is 5.91 Å². The van der Waals surface area contributed by atoms with Gasteiger partial charge in [0, 0.05) is 28.9 Å². The maximum absolute atomic E-state index is 14.7. The molecule has 0 aliphatic rings. The molecule has 0 bridgehead atoms. The average Bonchev–Trinajstić information content (AvgIpc) is 2.84. The molecule has 0 fully saturated rings. The summed E-state index contributed by atoms with van der Waals surface area (Å²) in [4.78, 5) is 23.2. The van der Waals surface area contributed by atoms with E-state index in [-0.39, 0.29) is 17.4 Å². The van der Waals surface area contributed by atoms with E-state index in [1.165, 1.54) is 18.5 Å². The van der Waals surface area contributed by atoms with E-state index in [0.29, 0.717) is 39.3 Å². The van der Waals surface area contributed by atoms with Crippen molar-refractivity contribution in [3.05, 3.63) is 88.7 Å². The number of rotatable bonds is 7. The predicted octanol–water partition coefficient (Wildman–Crippen LogP) is 6.68. The first-order chi connectivity index (χ1) is 17.2. The molecule has 4 rings (SSSR count). The number of likely N-dealkylation sites (N-methyl/N-ethyl adjacent to an activating group) is 1. The van der Waals surface area contributed by atoms with Crippen molar-refractivity contribution in [1.29, 1.82) is 0 Å². The van der Waals surface area contributed by atoms with Crippen molar-refractivity contribution in [3.8, 4) is 11.1 Å². The number of halogens is 4. The fraction of sp³-hybridized carbons (Fsp3) is 0.115. The fourth-order valence-electron chi connectivity index (χ4n) is 3.59. The minimum atomic E-state index is -0.955. The number of carbonyl (C=O) groups excluding carboxylic acids is 1. The zero-order valence-electron chi connectivity index (χ0n) is 19.3. The lowest BCUT2D eigenvalue weighted by molar-refractivity contribution is -0.111. The van der Waals surface area contributed by atoms with Crippen LogP contribution in [0.15, 0.2) is 67.0 Å². The summed E-state index contributed by atoms with van der Waals surface area (Å²) < 4.78 is 28.4. The highest BCUT2D eigenvalue weighted by molar-refractivity contribution is 6.31. The molecule has 0 atom stereocenters. The second kappa shape index (κ2) is 11.0. The first-order valence-electron chi connectivity index (χ1n) is 10.8. The summed E-state index contributed by atoms with van der Waals surface area (Å²) in [5, 5.41) is 6.13. The predicted molar refractivity (Wildman–Crippen MR) is 141 cm³/mol. The van der Waals surface area contributed by atoms with Crippen molar-refractivity contribution < 1.29 is 13.6 Å². The molecule has 184 valence electrons. The molecular weight excluding hydrogens is 507 g/mol. The summed E-state index contributed by atoms with van der Waals surface area (Å²) in [6.07, 6.45) is 4.51. The Morgan fingerprint density at radius 1 is 1.06 bits per heavy atom. The number of fused-ring (bicyclic) bond motifs is 1. The quantitative estimate of drug-likeness (QED) is 0.207. The molecule has 10 heteroatoms. The molecule has 1 aromatic heterocycles. The zero-order chi connectivity index (χ0) is 25.8. The SMILES string of the molecule is CN(C)C/C=C/C(=O)Nc1ccc2ncnc(Nc3ccc(F)c(Cl)c3F)c2c1-c1cccc(Cl)c1. The molecule has 0 unspecified atom stereocenters. The lowest BCUT2D eigenvalue weighted by Crippen LogP contribution is -2.13. The normalized spacial score (nSPS) is 11.4. The fourth-order valence-corrected chi connectivity index (χ4v) is 3.95. The number of nitrogens with one attached hydrogen (secondary N) is 2. The second-order valence-corrected chi connectivity index (χ2v) is 8.93. The van der Waals surface area contributed by atoms with Crippen LogP contribution in [0, 0.1) is 11.6 Å². The van der Waals surface area contributed by atoms with Crippen LogP contribution in [0.4, 0.5) is 26.0 Å². The summed E-state index contributed by atoms with van der Waals surface area (Å²) >= 11 is 12.0. The number of carbonyl (C=O) groups is 1. The van der Waals surface area contributed by atoms with Crippen LogP contribution in [0.25, 0.3) is 22.0 Å². The Labute approximate surface area is 216 Å². The number of nitrogens with zero attached hydrogens (tertiary/aromatic N) is 3. The number of anilines is 3. The molecule has 0 saturated heterocycles. The van der Waals surface area contributed by atoms with Gasteiger partial charge in [0.05, 0.1) is 16.6 Å². The third kappa shape index (κ3) is 5.62. The van der Waals surface area contributed by atoms with Crippen LogP contribution in [0.2, 0.25) is 10.0 Å². The largest absolute Gasteiger partial charge is 0.337 e. The van der Waals surface area contributed by atoms with Crippen LogP contribution >= 0.6 is 23.2 Å². The van der Waals surface area contributed by atoms with Crippen molar-refractivity contribution in [2.75, 3.05) is 31.3 Å². The monoisotopic (exact) mass is 527 g/mol. The lowest BCUT2D eigenvalue weighted by Gasteiger charge is -2.17. The van der Waals surface area contributed by atoms with E-state index in [1.54, 1.807) is 36.4 Å². The van der Waals surface area contributed by atoms with Crippen LogP contribution in [0.1, 0.15) is 0 Å². The Bertz CT molecular complexity index is 1480. The van der Waals surface area contributed by atoms with Crippen LogP contribution < -0.4 is 10.6 Å². The third-order valence-corrected chi connectivity index (χ3v) is 5.78. The van der Waals surface area contributed by atoms with Gasteiger partial charge in [-0.05, 0) is 56.1 Å². The van der Waals surface area contributed by atoms with Crippen LogP contribution in [0.5, 0.6) is 0 Å². The van der Waals surface area contributed by atoms with Gasteiger partial charge in [-0.2, -0.15) is 0 Å². The molecule has 0 spiro atoms. The maximum Gasteiger partial charge on any atom is 0.248 e. The Morgan fingerprint density at radius 3 is 2.58 bits per heavy atom. The molecular formula is C26H21Cl2F2N5O. The van der Waals surface area contributed by atoms with E-state index in [1.807, 2.05) is 25.1 Å². The number of hydrogen-bond donors (Lipinski definition) is 2. The first-order valence-corrected chi connectivity index (χ1v) is 11.6. The summed E-state index contributed by atoms with van der Waals surface area (Å²) in [6, 6.07) is 12.8. The minimum Gasteiger partial charge on any atom is -0.337 e. The third-order valence-electron chi connectivity index (χ3n) is 5.20. The van der Waals surface area contributed by atoms with Gasteiger partial charge in [0.15, 0.2) is 5.82 Å². The molecule has 1 amide bonds. The van der Waals surface area contributed by atoms with Gasteiger partial charge in [0.25, 0.3) is 0 Å². The zero-order valence-corrected chi connectivity index (χ0v) is 20.8. The molecule has 0 aliphatic carbocycles. The Hall–Kier alpha value is -3.59. The van der Waals surface area contributed by atoms with Crippen molar-refractivity contribution >= 4 is 57.2 Å². The first kappa shape index (κ1) is 25.5. The summed E-state index contributed by atoms with van der Waals surface area (Å²) in [7, 11) is 3.79. The standard InChI is InChI=1S/C26H21Cl2F2N5O/c1-35(2)12-4-7-21(36)33-19-11-10-18-23(22(19)15-5-3-6-16(27)13-15)26(32-14-31-18)34-20-9-8-17(29)24(28)25(20)30/h3-11,13-14H,12H2,1-2H3,(H,33,36)(H,31,32,34)/b7-4+. The molecule has 0 aliphatic heterocycles.